The van der Waals surface area contributed by atoms with E-state index in [1.54, 1.807) is 0 Å². The zero-order valence-corrected chi connectivity index (χ0v) is 11.5. The highest BCUT2D eigenvalue weighted by Crippen LogP contribution is 2.36. The van der Waals surface area contributed by atoms with Gasteiger partial charge < -0.3 is 13.9 Å². The highest BCUT2D eigenvalue weighted by Gasteiger charge is 2.23. The molecule has 1 aromatic carbocycles. The lowest BCUT2D eigenvalue weighted by molar-refractivity contribution is -0.0515. The zero-order chi connectivity index (χ0) is 15.5. The van der Waals surface area contributed by atoms with Gasteiger partial charge in [0, 0.05) is 5.56 Å². The van der Waals surface area contributed by atoms with Crippen molar-refractivity contribution in [2.75, 3.05) is 6.61 Å². The quantitative estimate of drug-likeness (QED) is 0.732. The summed E-state index contributed by atoms with van der Waals surface area (Å²) < 4.78 is 40.1. The molecule has 0 radical (unpaired) electrons. The summed E-state index contributed by atoms with van der Waals surface area (Å²) in [4.78, 5) is 14.6. The molecule has 0 amide bonds. The van der Waals surface area contributed by atoms with E-state index < -0.39 is 6.61 Å². The molecule has 116 valence electrons. The molecular weight excluding hydrogens is 296 g/mol. The largest absolute Gasteiger partial charge is 0.489 e. The minimum atomic E-state index is -2.93. The van der Waals surface area contributed by atoms with E-state index in [4.69, 9.17) is 9.15 Å². The number of aromatic nitrogens is 1. The number of rotatable bonds is 7. The topological polar surface area (TPSA) is 61.6 Å². The summed E-state index contributed by atoms with van der Waals surface area (Å²) >= 11 is 0. The smallest absolute Gasteiger partial charge is 0.387 e. The number of carbonyl (C=O) groups excluding carboxylic acids is 1. The Kier molecular flexibility index (Phi) is 4.04. The summed E-state index contributed by atoms with van der Waals surface area (Å²) in [5.74, 6) is 0.838. The van der Waals surface area contributed by atoms with Gasteiger partial charge in [0.05, 0.1) is 6.61 Å². The summed E-state index contributed by atoms with van der Waals surface area (Å²) in [6.45, 7) is -2.48. The van der Waals surface area contributed by atoms with E-state index in [1.807, 2.05) is 0 Å². The fourth-order valence-electron chi connectivity index (χ4n) is 1.91. The van der Waals surface area contributed by atoms with Crippen molar-refractivity contribution in [3.05, 3.63) is 30.2 Å². The minimum absolute atomic E-state index is 0.0402. The average Bonchev–Trinajstić information content (AvgIpc) is 3.20. The first-order valence-electron chi connectivity index (χ1n) is 6.78. The number of carbonyl (C=O) groups is 1. The number of aldehydes is 1. The number of hydrogen-bond donors (Lipinski definition) is 0. The van der Waals surface area contributed by atoms with Gasteiger partial charge in [-0.1, -0.05) is 0 Å². The zero-order valence-electron chi connectivity index (χ0n) is 11.5. The van der Waals surface area contributed by atoms with Crippen LogP contribution in [0.15, 0.2) is 28.9 Å². The highest BCUT2D eigenvalue weighted by molar-refractivity contribution is 5.72. The second-order valence-corrected chi connectivity index (χ2v) is 4.99. The van der Waals surface area contributed by atoms with Gasteiger partial charge in [-0.2, -0.15) is 8.78 Å². The molecule has 0 bridgehead atoms. The minimum Gasteiger partial charge on any atom is -0.489 e. The van der Waals surface area contributed by atoms with Crippen molar-refractivity contribution in [2.45, 2.75) is 19.5 Å². The monoisotopic (exact) mass is 309 g/mol. The van der Waals surface area contributed by atoms with Gasteiger partial charge in [-0.15, -0.1) is 0 Å². The maximum absolute atomic E-state index is 12.4. The Labute approximate surface area is 124 Å². The molecule has 3 rings (SSSR count). The Morgan fingerprint density at radius 3 is 2.82 bits per heavy atom. The van der Waals surface area contributed by atoms with E-state index in [1.165, 1.54) is 24.5 Å². The van der Waals surface area contributed by atoms with Gasteiger partial charge in [0.15, 0.2) is 17.8 Å². The standard InChI is InChI=1S/C15H13F2NO4/c16-15(17)22-12-4-3-10(14-18-11(6-19)8-21-14)5-13(12)20-7-9-1-2-9/h3-6,8-9,15H,1-2,7H2. The molecule has 0 spiro atoms. The van der Waals surface area contributed by atoms with Crippen molar-refractivity contribution in [3.8, 4) is 23.0 Å². The number of oxazole rings is 1. The first-order valence-corrected chi connectivity index (χ1v) is 6.78. The molecule has 0 saturated heterocycles. The number of ether oxygens (including phenoxy) is 2. The van der Waals surface area contributed by atoms with E-state index in [0.29, 0.717) is 24.4 Å². The summed E-state index contributed by atoms with van der Waals surface area (Å²) in [6, 6.07) is 4.40. The van der Waals surface area contributed by atoms with Gasteiger partial charge >= 0.3 is 6.61 Å². The Hall–Kier alpha value is -2.44. The Balaban J connectivity index is 1.86. The average molecular weight is 309 g/mol. The van der Waals surface area contributed by atoms with Crippen LogP contribution in [0.3, 0.4) is 0 Å². The molecule has 0 unspecified atom stereocenters. The molecule has 0 aliphatic heterocycles. The van der Waals surface area contributed by atoms with Gasteiger partial charge in [-0.05, 0) is 37.0 Å². The molecule has 0 N–H and O–H groups in total. The third kappa shape index (κ3) is 3.41. The van der Waals surface area contributed by atoms with Gasteiger partial charge in [0.1, 0.15) is 12.0 Å². The molecule has 1 aliphatic carbocycles. The lowest BCUT2D eigenvalue weighted by Gasteiger charge is -2.12. The molecule has 7 heteroatoms. The molecule has 1 saturated carbocycles. The second kappa shape index (κ2) is 6.13. The van der Waals surface area contributed by atoms with E-state index >= 15 is 0 Å². The maximum Gasteiger partial charge on any atom is 0.387 e. The van der Waals surface area contributed by atoms with Crippen LogP contribution < -0.4 is 9.47 Å². The Bertz CT molecular complexity index is 667. The molecule has 2 aromatic rings. The van der Waals surface area contributed by atoms with Gasteiger partial charge in [-0.3, -0.25) is 4.79 Å². The van der Waals surface area contributed by atoms with Crippen LogP contribution in [0.1, 0.15) is 23.3 Å². The summed E-state index contributed by atoms with van der Waals surface area (Å²) in [5.41, 5.74) is 0.670. The van der Waals surface area contributed by atoms with Crippen molar-refractivity contribution in [3.63, 3.8) is 0 Å². The van der Waals surface area contributed by atoms with Crippen LogP contribution in [0.2, 0.25) is 0 Å². The van der Waals surface area contributed by atoms with Gasteiger partial charge in [0.2, 0.25) is 5.89 Å². The lowest BCUT2D eigenvalue weighted by Crippen LogP contribution is -2.06. The van der Waals surface area contributed by atoms with Crippen LogP contribution in [0.4, 0.5) is 8.78 Å². The SMILES string of the molecule is O=Cc1coc(-c2ccc(OC(F)F)c(OCC3CC3)c2)n1. The maximum atomic E-state index is 12.4. The first kappa shape index (κ1) is 14.5. The number of halogens is 2. The summed E-state index contributed by atoms with van der Waals surface area (Å²) in [7, 11) is 0. The number of hydrogen-bond acceptors (Lipinski definition) is 5. The van der Waals surface area contributed by atoms with E-state index in [-0.39, 0.29) is 23.1 Å². The van der Waals surface area contributed by atoms with Gasteiger partial charge in [-0.25, -0.2) is 4.98 Å². The van der Waals surface area contributed by atoms with Crippen molar-refractivity contribution in [1.82, 2.24) is 4.98 Å². The molecule has 0 atom stereocenters. The van der Waals surface area contributed by atoms with Crippen LogP contribution in [0.5, 0.6) is 11.5 Å². The predicted octanol–water partition coefficient (Wildman–Crippen LogP) is 3.54. The third-order valence-corrected chi connectivity index (χ3v) is 3.22. The molecule has 1 heterocycles. The Morgan fingerprint density at radius 1 is 1.36 bits per heavy atom. The predicted molar refractivity (Wildman–Crippen MR) is 72.2 cm³/mol. The summed E-state index contributed by atoms with van der Waals surface area (Å²) in [5, 5.41) is 0. The van der Waals surface area contributed by atoms with Crippen molar-refractivity contribution in [2.24, 2.45) is 5.92 Å². The molecule has 1 fully saturated rings. The number of nitrogens with zero attached hydrogens (tertiary/aromatic N) is 1. The Morgan fingerprint density at radius 2 is 2.18 bits per heavy atom. The molecule has 5 nitrogen and oxygen atoms in total. The van der Waals surface area contributed by atoms with Crippen molar-refractivity contribution >= 4 is 6.29 Å². The summed E-state index contributed by atoms with van der Waals surface area (Å²) in [6.07, 6.45) is 3.93. The highest BCUT2D eigenvalue weighted by atomic mass is 19.3. The van der Waals surface area contributed by atoms with Crippen LogP contribution >= 0.6 is 0 Å². The van der Waals surface area contributed by atoms with Crippen molar-refractivity contribution in [1.29, 1.82) is 0 Å². The normalized spacial score (nSPS) is 14.1. The molecule has 1 aliphatic rings. The van der Waals surface area contributed by atoms with Crippen LogP contribution in [-0.4, -0.2) is 24.5 Å². The first-order chi connectivity index (χ1) is 10.7. The fourth-order valence-corrected chi connectivity index (χ4v) is 1.91. The number of benzene rings is 1. The molecule has 22 heavy (non-hydrogen) atoms. The molecule has 1 aromatic heterocycles. The van der Waals surface area contributed by atoms with E-state index in [2.05, 4.69) is 9.72 Å². The van der Waals surface area contributed by atoms with E-state index in [9.17, 15) is 13.6 Å². The van der Waals surface area contributed by atoms with Crippen LogP contribution in [0, 0.1) is 5.92 Å². The fraction of sp³-hybridized carbons (Fsp3) is 0.333. The van der Waals surface area contributed by atoms with Crippen LogP contribution in [-0.2, 0) is 0 Å². The third-order valence-electron chi connectivity index (χ3n) is 3.22. The van der Waals surface area contributed by atoms with Crippen molar-refractivity contribution < 1.29 is 27.5 Å². The molecular formula is C15H13F2NO4. The second-order valence-electron chi connectivity index (χ2n) is 4.99. The van der Waals surface area contributed by atoms with Gasteiger partial charge in [0.25, 0.3) is 0 Å². The lowest BCUT2D eigenvalue weighted by atomic mass is 10.2. The van der Waals surface area contributed by atoms with E-state index in [0.717, 1.165) is 12.8 Å². The van der Waals surface area contributed by atoms with Crippen LogP contribution in [0.25, 0.3) is 11.5 Å². The number of alkyl halides is 2.